The molecule has 1 N–H and O–H groups in total. The van der Waals surface area contributed by atoms with Crippen LogP contribution in [-0.4, -0.2) is 15.0 Å². The molecule has 0 aliphatic carbocycles. The van der Waals surface area contributed by atoms with E-state index >= 15 is 0 Å². The second kappa shape index (κ2) is 5.22. The Morgan fingerprint density at radius 2 is 2.06 bits per heavy atom. The van der Waals surface area contributed by atoms with Crippen molar-refractivity contribution < 1.29 is 4.79 Å². The van der Waals surface area contributed by atoms with Crippen LogP contribution in [0.25, 0.3) is 0 Å². The first kappa shape index (κ1) is 12.6. The molecule has 5 nitrogen and oxygen atoms in total. The van der Waals surface area contributed by atoms with Crippen molar-refractivity contribution in [2.24, 2.45) is 7.05 Å². The second-order valence-corrected chi connectivity index (χ2v) is 4.70. The predicted octanol–water partition coefficient (Wildman–Crippen LogP) is 1.59. The Kier molecular flexibility index (Phi) is 3.66. The average Bonchev–Trinajstić information content (AvgIpc) is 2.64. The van der Waals surface area contributed by atoms with Crippen LogP contribution >= 0.6 is 15.9 Å². The van der Waals surface area contributed by atoms with Gasteiger partial charge in [0.2, 0.25) is 5.91 Å². The highest BCUT2D eigenvalue weighted by atomic mass is 79.9. The molecule has 18 heavy (non-hydrogen) atoms. The fraction of sp³-hybridized carbons (Fsp3) is 0.167. The van der Waals surface area contributed by atoms with Gasteiger partial charge in [0.25, 0.3) is 0 Å². The van der Waals surface area contributed by atoms with Crippen LogP contribution in [0.4, 0.5) is 5.69 Å². The zero-order valence-corrected chi connectivity index (χ0v) is 11.3. The van der Waals surface area contributed by atoms with E-state index in [-0.39, 0.29) is 18.1 Å². The summed E-state index contributed by atoms with van der Waals surface area (Å²) in [6.07, 6.45) is 3.20. The van der Waals surface area contributed by atoms with E-state index < -0.39 is 0 Å². The Hall–Kier alpha value is -1.82. The number of imidazole rings is 1. The van der Waals surface area contributed by atoms with E-state index in [2.05, 4.69) is 21.2 Å². The van der Waals surface area contributed by atoms with Crippen LogP contribution in [0, 0.1) is 0 Å². The van der Waals surface area contributed by atoms with Gasteiger partial charge in [-0.1, -0.05) is 12.1 Å². The number of carbonyl (C=O) groups excluding carboxylic acids is 1. The molecule has 0 radical (unpaired) electrons. The number of anilines is 1. The summed E-state index contributed by atoms with van der Waals surface area (Å²) in [5.41, 5.74) is 0.476. The van der Waals surface area contributed by atoms with Gasteiger partial charge in [-0.15, -0.1) is 0 Å². The lowest BCUT2D eigenvalue weighted by atomic mass is 10.3. The highest BCUT2D eigenvalue weighted by Gasteiger charge is 2.08. The van der Waals surface area contributed by atoms with Crippen LogP contribution in [0.5, 0.6) is 0 Å². The summed E-state index contributed by atoms with van der Waals surface area (Å²) >= 11 is 3.34. The molecule has 0 bridgehead atoms. The van der Waals surface area contributed by atoms with Crippen LogP contribution in [0.1, 0.15) is 0 Å². The fourth-order valence-corrected chi connectivity index (χ4v) is 1.92. The molecule has 0 atom stereocenters. The van der Waals surface area contributed by atoms with E-state index in [9.17, 15) is 9.59 Å². The molecule has 0 saturated carbocycles. The molecule has 0 aliphatic heterocycles. The number of amides is 1. The van der Waals surface area contributed by atoms with Crippen LogP contribution in [0.3, 0.4) is 0 Å². The van der Waals surface area contributed by atoms with Crippen molar-refractivity contribution >= 4 is 27.5 Å². The summed E-state index contributed by atoms with van der Waals surface area (Å²) in [5, 5.41) is 2.74. The molecular weight excluding hydrogens is 298 g/mol. The molecule has 0 aliphatic rings. The maximum atomic E-state index is 11.8. The van der Waals surface area contributed by atoms with Crippen molar-refractivity contribution in [3.05, 3.63) is 51.6 Å². The van der Waals surface area contributed by atoms with Gasteiger partial charge in [0.15, 0.2) is 0 Å². The molecule has 0 saturated heterocycles. The molecule has 0 fully saturated rings. The Morgan fingerprint density at radius 1 is 1.33 bits per heavy atom. The number of carbonyl (C=O) groups is 1. The molecule has 0 spiro atoms. The highest BCUT2D eigenvalue weighted by Crippen LogP contribution is 2.20. The van der Waals surface area contributed by atoms with Crippen LogP contribution in [0.15, 0.2) is 45.9 Å². The number of rotatable bonds is 3. The van der Waals surface area contributed by atoms with Crippen molar-refractivity contribution in [3.63, 3.8) is 0 Å². The van der Waals surface area contributed by atoms with Crippen molar-refractivity contribution in [1.29, 1.82) is 0 Å². The molecule has 1 aromatic carbocycles. The van der Waals surface area contributed by atoms with Gasteiger partial charge in [-0.25, -0.2) is 4.79 Å². The van der Waals surface area contributed by atoms with Crippen molar-refractivity contribution in [2.45, 2.75) is 6.54 Å². The Balaban J connectivity index is 2.08. The summed E-state index contributed by atoms with van der Waals surface area (Å²) in [4.78, 5) is 23.4. The maximum absolute atomic E-state index is 11.8. The number of nitrogens with zero attached hydrogens (tertiary/aromatic N) is 2. The fourth-order valence-electron chi connectivity index (χ4n) is 1.54. The smallest absolute Gasteiger partial charge is 0.324 e. The first-order valence-electron chi connectivity index (χ1n) is 5.34. The molecule has 6 heteroatoms. The van der Waals surface area contributed by atoms with Gasteiger partial charge in [-0.2, -0.15) is 0 Å². The molecule has 1 heterocycles. The van der Waals surface area contributed by atoms with E-state index in [1.165, 1.54) is 9.13 Å². The quantitative estimate of drug-likeness (QED) is 0.936. The van der Waals surface area contributed by atoms with Gasteiger partial charge in [-0.3, -0.25) is 9.36 Å². The van der Waals surface area contributed by atoms with Crippen LogP contribution in [-0.2, 0) is 18.4 Å². The minimum Gasteiger partial charge on any atom is -0.324 e. The summed E-state index contributed by atoms with van der Waals surface area (Å²) in [5.74, 6) is -0.241. The Morgan fingerprint density at radius 3 is 2.67 bits per heavy atom. The molecule has 2 rings (SSSR count). The number of hydrogen-bond donors (Lipinski definition) is 1. The number of halogens is 1. The van der Waals surface area contributed by atoms with Gasteiger partial charge in [0, 0.05) is 23.9 Å². The third kappa shape index (κ3) is 2.70. The Bertz CT molecular complexity index is 630. The molecule has 0 unspecified atom stereocenters. The summed E-state index contributed by atoms with van der Waals surface area (Å²) in [7, 11) is 1.64. The third-order valence-electron chi connectivity index (χ3n) is 2.48. The second-order valence-electron chi connectivity index (χ2n) is 3.85. The number of benzene rings is 1. The van der Waals surface area contributed by atoms with E-state index in [1.807, 2.05) is 18.2 Å². The van der Waals surface area contributed by atoms with Crippen molar-refractivity contribution in [1.82, 2.24) is 9.13 Å². The lowest BCUT2D eigenvalue weighted by Gasteiger charge is -2.07. The molecule has 1 aromatic heterocycles. The molecular formula is C12H12BrN3O2. The van der Waals surface area contributed by atoms with Gasteiger partial charge in [0.05, 0.1) is 5.69 Å². The summed E-state index contributed by atoms with van der Waals surface area (Å²) in [6, 6.07) is 7.32. The minimum absolute atomic E-state index is 0.001000. The first-order valence-corrected chi connectivity index (χ1v) is 6.13. The molecule has 2 aromatic rings. The lowest BCUT2D eigenvalue weighted by Crippen LogP contribution is -2.28. The van der Waals surface area contributed by atoms with Crippen LogP contribution < -0.4 is 11.0 Å². The van der Waals surface area contributed by atoms with Gasteiger partial charge in [-0.05, 0) is 28.1 Å². The lowest BCUT2D eigenvalue weighted by molar-refractivity contribution is -0.116. The SMILES string of the molecule is Cn1ccn(CC(=O)Nc2ccccc2Br)c1=O. The van der Waals surface area contributed by atoms with Gasteiger partial charge >= 0.3 is 5.69 Å². The van der Waals surface area contributed by atoms with E-state index in [4.69, 9.17) is 0 Å². The van der Waals surface area contributed by atoms with Gasteiger partial charge < -0.3 is 9.88 Å². The van der Waals surface area contributed by atoms with Crippen molar-refractivity contribution in [2.75, 3.05) is 5.32 Å². The number of hydrogen-bond acceptors (Lipinski definition) is 2. The number of aromatic nitrogens is 2. The monoisotopic (exact) mass is 309 g/mol. The summed E-state index contributed by atoms with van der Waals surface area (Å²) < 4.78 is 3.58. The Labute approximate surface area is 112 Å². The zero-order valence-electron chi connectivity index (χ0n) is 9.76. The van der Waals surface area contributed by atoms with E-state index in [1.54, 1.807) is 25.5 Å². The average molecular weight is 310 g/mol. The predicted molar refractivity (Wildman–Crippen MR) is 72.4 cm³/mol. The number of para-hydroxylation sites is 1. The highest BCUT2D eigenvalue weighted by molar-refractivity contribution is 9.10. The van der Waals surface area contributed by atoms with Gasteiger partial charge in [0.1, 0.15) is 6.54 Å². The number of aryl methyl sites for hydroxylation is 1. The topological polar surface area (TPSA) is 56.0 Å². The largest absolute Gasteiger partial charge is 0.328 e. The zero-order chi connectivity index (χ0) is 13.1. The first-order chi connectivity index (χ1) is 8.58. The number of nitrogens with one attached hydrogen (secondary N) is 1. The normalized spacial score (nSPS) is 10.3. The van der Waals surface area contributed by atoms with Crippen LogP contribution in [0.2, 0.25) is 0 Å². The molecule has 94 valence electrons. The third-order valence-corrected chi connectivity index (χ3v) is 3.17. The molecule has 1 amide bonds. The maximum Gasteiger partial charge on any atom is 0.328 e. The minimum atomic E-state index is -0.241. The van der Waals surface area contributed by atoms with E-state index in [0.717, 1.165) is 4.47 Å². The standard InChI is InChI=1S/C12H12BrN3O2/c1-15-6-7-16(12(15)18)8-11(17)14-10-5-3-2-4-9(10)13/h2-7H,8H2,1H3,(H,14,17). The van der Waals surface area contributed by atoms with E-state index in [0.29, 0.717) is 5.69 Å². The summed E-state index contributed by atoms with van der Waals surface area (Å²) in [6.45, 7) is 0.001000. The van der Waals surface area contributed by atoms with Crippen molar-refractivity contribution in [3.8, 4) is 0 Å².